The Bertz CT molecular complexity index is 1170. The SMILES string of the molecule is CN1[C@@H]2CC[C@H]1C[C@@H](Oc1ccc(-n3cnc4cc(C5CC5)sc4c3=O)cc1Br)C2. The largest absolute Gasteiger partial charge is 0.489 e. The van der Waals surface area contributed by atoms with Gasteiger partial charge in [-0.25, -0.2) is 4.98 Å². The van der Waals surface area contributed by atoms with Gasteiger partial charge in [0.25, 0.3) is 5.56 Å². The number of thiophene rings is 1. The van der Waals surface area contributed by atoms with Crippen molar-refractivity contribution in [2.24, 2.45) is 0 Å². The van der Waals surface area contributed by atoms with Gasteiger partial charge in [0.1, 0.15) is 22.9 Å². The summed E-state index contributed by atoms with van der Waals surface area (Å²) in [4.78, 5) is 21.5. The van der Waals surface area contributed by atoms with E-state index in [1.807, 2.05) is 18.2 Å². The molecule has 2 saturated heterocycles. The molecule has 0 unspecified atom stereocenters. The zero-order valence-corrected chi connectivity index (χ0v) is 19.3. The molecule has 7 heteroatoms. The number of benzene rings is 1. The highest BCUT2D eigenvalue weighted by Gasteiger charge is 2.39. The minimum absolute atomic E-state index is 0.00404. The van der Waals surface area contributed by atoms with E-state index in [9.17, 15) is 4.79 Å². The molecule has 30 heavy (non-hydrogen) atoms. The highest BCUT2D eigenvalue weighted by molar-refractivity contribution is 9.10. The molecule has 156 valence electrons. The van der Waals surface area contributed by atoms with Crippen LogP contribution in [-0.4, -0.2) is 39.7 Å². The van der Waals surface area contributed by atoms with Gasteiger partial charge in [0, 0.05) is 17.0 Å². The van der Waals surface area contributed by atoms with E-state index in [1.165, 1.54) is 30.6 Å². The van der Waals surface area contributed by atoms with Gasteiger partial charge >= 0.3 is 0 Å². The van der Waals surface area contributed by atoms with E-state index in [2.05, 4.69) is 38.9 Å². The van der Waals surface area contributed by atoms with E-state index in [0.717, 1.165) is 39.0 Å². The Balaban J connectivity index is 1.27. The molecule has 2 aliphatic heterocycles. The van der Waals surface area contributed by atoms with E-state index >= 15 is 0 Å². The molecule has 2 aromatic heterocycles. The number of hydrogen-bond acceptors (Lipinski definition) is 5. The third kappa shape index (κ3) is 3.22. The normalized spacial score (nSPS) is 26.4. The molecule has 4 heterocycles. The Kier molecular flexibility index (Phi) is 4.55. The number of piperidine rings is 1. The molecule has 3 atom stereocenters. The van der Waals surface area contributed by atoms with Crippen molar-refractivity contribution >= 4 is 37.5 Å². The first kappa shape index (κ1) is 19.0. The highest BCUT2D eigenvalue weighted by Crippen LogP contribution is 2.44. The van der Waals surface area contributed by atoms with Crippen LogP contribution in [0.2, 0.25) is 0 Å². The summed E-state index contributed by atoms with van der Waals surface area (Å²) < 4.78 is 9.63. The predicted octanol–water partition coefficient (Wildman–Crippen LogP) is 5.09. The molecule has 3 aliphatic rings. The Morgan fingerprint density at radius 3 is 2.60 bits per heavy atom. The monoisotopic (exact) mass is 485 g/mol. The number of ether oxygens (including phenoxy) is 1. The van der Waals surface area contributed by atoms with Gasteiger partial charge in [0.05, 0.1) is 15.7 Å². The van der Waals surface area contributed by atoms with Crippen molar-refractivity contribution in [2.75, 3.05) is 7.05 Å². The van der Waals surface area contributed by atoms with Crippen LogP contribution in [0.15, 0.2) is 39.9 Å². The van der Waals surface area contributed by atoms with Crippen molar-refractivity contribution < 1.29 is 4.74 Å². The molecule has 0 N–H and O–H groups in total. The molecule has 3 fully saturated rings. The maximum absolute atomic E-state index is 13.1. The van der Waals surface area contributed by atoms with E-state index in [0.29, 0.717) is 18.0 Å². The van der Waals surface area contributed by atoms with Crippen LogP contribution in [0, 0.1) is 0 Å². The maximum Gasteiger partial charge on any atom is 0.275 e. The summed E-state index contributed by atoms with van der Waals surface area (Å²) >= 11 is 5.27. The van der Waals surface area contributed by atoms with Gasteiger partial charge in [-0.15, -0.1) is 11.3 Å². The third-order valence-corrected chi connectivity index (χ3v) is 8.87. The van der Waals surface area contributed by atoms with Crippen molar-refractivity contribution in [2.45, 2.75) is 62.6 Å². The molecule has 6 rings (SSSR count). The summed E-state index contributed by atoms with van der Waals surface area (Å²) in [6.45, 7) is 0. The zero-order valence-electron chi connectivity index (χ0n) is 16.9. The van der Waals surface area contributed by atoms with Gasteiger partial charge in [0.15, 0.2) is 0 Å². The number of hydrogen-bond donors (Lipinski definition) is 0. The summed E-state index contributed by atoms with van der Waals surface area (Å²) in [7, 11) is 2.24. The van der Waals surface area contributed by atoms with Crippen LogP contribution in [0.25, 0.3) is 15.9 Å². The molecule has 1 aliphatic carbocycles. The van der Waals surface area contributed by atoms with Gasteiger partial charge in [0.2, 0.25) is 0 Å². The molecular formula is C23H24BrN3O2S. The Hall–Kier alpha value is -1.70. The number of rotatable bonds is 4. The van der Waals surface area contributed by atoms with Crippen molar-refractivity contribution in [1.29, 1.82) is 0 Å². The fraction of sp³-hybridized carbons (Fsp3) is 0.478. The van der Waals surface area contributed by atoms with Gasteiger partial charge in [-0.2, -0.15) is 0 Å². The second kappa shape index (κ2) is 7.18. The third-order valence-electron chi connectivity index (χ3n) is 6.98. The standard InChI is InChI=1S/C23H24BrN3O2S/c1-26-14-4-5-15(26)9-17(8-14)29-20-7-6-16(10-18(20)24)27-12-25-19-11-21(13-2-3-13)30-22(19)23(27)28/h6-7,10-15,17H,2-5,8-9H2,1H3/t14-,15+,17+. The maximum atomic E-state index is 13.1. The smallest absolute Gasteiger partial charge is 0.275 e. The average molecular weight is 486 g/mol. The molecule has 0 radical (unpaired) electrons. The minimum Gasteiger partial charge on any atom is -0.489 e. The number of fused-ring (bicyclic) bond motifs is 3. The quantitative estimate of drug-likeness (QED) is 0.516. The second-order valence-electron chi connectivity index (χ2n) is 8.93. The molecule has 2 bridgehead atoms. The van der Waals surface area contributed by atoms with Crippen LogP contribution < -0.4 is 10.3 Å². The van der Waals surface area contributed by atoms with Gasteiger partial charge in [-0.3, -0.25) is 9.36 Å². The summed E-state index contributed by atoms with van der Waals surface area (Å²) in [5.74, 6) is 1.49. The van der Waals surface area contributed by atoms with E-state index in [1.54, 1.807) is 22.2 Å². The molecule has 0 spiro atoms. The van der Waals surface area contributed by atoms with Crippen LogP contribution >= 0.6 is 27.3 Å². The van der Waals surface area contributed by atoms with Crippen molar-refractivity contribution in [3.63, 3.8) is 0 Å². The lowest BCUT2D eigenvalue weighted by Gasteiger charge is -2.36. The van der Waals surface area contributed by atoms with E-state index < -0.39 is 0 Å². The number of halogens is 1. The first-order chi connectivity index (χ1) is 14.6. The lowest BCUT2D eigenvalue weighted by molar-refractivity contribution is 0.0657. The van der Waals surface area contributed by atoms with Crippen molar-refractivity contribution in [3.05, 3.63) is 50.3 Å². The van der Waals surface area contributed by atoms with Gasteiger partial charge < -0.3 is 9.64 Å². The predicted molar refractivity (Wildman–Crippen MR) is 123 cm³/mol. The lowest BCUT2D eigenvalue weighted by Crippen LogP contribution is -2.43. The summed E-state index contributed by atoms with van der Waals surface area (Å²) in [6.07, 6.45) is 9.10. The van der Waals surface area contributed by atoms with Crippen LogP contribution in [0.1, 0.15) is 49.3 Å². The average Bonchev–Trinajstić information content (AvgIpc) is 3.46. The molecule has 3 aromatic rings. The fourth-order valence-corrected chi connectivity index (χ4v) is 6.73. The van der Waals surface area contributed by atoms with Crippen molar-refractivity contribution in [1.82, 2.24) is 14.5 Å². The summed E-state index contributed by atoms with van der Waals surface area (Å²) in [5.41, 5.74) is 1.63. The highest BCUT2D eigenvalue weighted by atomic mass is 79.9. The molecule has 1 aromatic carbocycles. The molecule has 1 saturated carbocycles. The first-order valence-electron chi connectivity index (χ1n) is 10.8. The Morgan fingerprint density at radius 2 is 1.90 bits per heavy atom. The van der Waals surface area contributed by atoms with Gasteiger partial charge in [-0.05, 0) is 91.7 Å². The first-order valence-corrected chi connectivity index (χ1v) is 12.4. The van der Waals surface area contributed by atoms with Crippen LogP contribution in [-0.2, 0) is 0 Å². The number of aromatic nitrogens is 2. The van der Waals surface area contributed by atoms with E-state index in [-0.39, 0.29) is 11.7 Å². The van der Waals surface area contributed by atoms with Crippen LogP contribution in [0.4, 0.5) is 0 Å². The van der Waals surface area contributed by atoms with Crippen LogP contribution in [0.5, 0.6) is 5.75 Å². The zero-order chi connectivity index (χ0) is 20.4. The minimum atomic E-state index is 0.00404. The molecule has 0 amide bonds. The second-order valence-corrected chi connectivity index (χ2v) is 10.9. The topological polar surface area (TPSA) is 47.4 Å². The lowest BCUT2D eigenvalue weighted by atomic mass is 10.0. The summed E-state index contributed by atoms with van der Waals surface area (Å²) in [5, 5.41) is 0. The molecule has 5 nitrogen and oxygen atoms in total. The molecular weight excluding hydrogens is 462 g/mol. The van der Waals surface area contributed by atoms with Crippen LogP contribution in [0.3, 0.4) is 0 Å². The van der Waals surface area contributed by atoms with Gasteiger partial charge in [-0.1, -0.05) is 0 Å². The summed E-state index contributed by atoms with van der Waals surface area (Å²) in [6, 6.07) is 9.27. The fourth-order valence-electron chi connectivity index (χ4n) is 5.06. The Labute approximate surface area is 187 Å². The Morgan fingerprint density at radius 1 is 1.13 bits per heavy atom. The van der Waals surface area contributed by atoms with Crippen molar-refractivity contribution in [3.8, 4) is 11.4 Å². The van der Waals surface area contributed by atoms with E-state index in [4.69, 9.17) is 4.74 Å². The number of nitrogens with zero attached hydrogens (tertiary/aromatic N) is 3.